The molecule has 1 aromatic heterocycles. The van der Waals surface area contributed by atoms with Gasteiger partial charge in [-0.15, -0.1) is 0 Å². The van der Waals surface area contributed by atoms with Crippen molar-refractivity contribution in [3.63, 3.8) is 0 Å². The highest BCUT2D eigenvalue weighted by molar-refractivity contribution is 6.30. The van der Waals surface area contributed by atoms with Crippen molar-refractivity contribution >= 4 is 23.1 Å². The predicted molar refractivity (Wildman–Crippen MR) is 87.7 cm³/mol. The van der Waals surface area contributed by atoms with E-state index in [4.69, 9.17) is 11.6 Å². The zero-order chi connectivity index (χ0) is 17.1. The lowest BCUT2D eigenvalue weighted by atomic mass is 9.62. The van der Waals surface area contributed by atoms with Gasteiger partial charge in [0.1, 0.15) is 11.2 Å². The highest BCUT2D eigenvalue weighted by atomic mass is 35.5. The second-order valence-electron chi connectivity index (χ2n) is 6.65. The van der Waals surface area contributed by atoms with Crippen LogP contribution < -0.4 is 5.32 Å². The van der Waals surface area contributed by atoms with E-state index in [2.05, 4.69) is 10.3 Å². The molecule has 2 heterocycles. The number of fused-ring (bicyclic) bond motifs is 2. The average Bonchev–Trinajstić information content (AvgIpc) is 3.36. The van der Waals surface area contributed by atoms with Gasteiger partial charge < -0.3 is 5.32 Å². The van der Waals surface area contributed by atoms with Crippen molar-refractivity contribution in [3.05, 3.63) is 52.7 Å². The minimum absolute atomic E-state index is 0.0598. The molecule has 1 unspecified atom stereocenters. The summed E-state index contributed by atoms with van der Waals surface area (Å²) < 4.78 is 43.9. The first kappa shape index (κ1) is 15.8. The van der Waals surface area contributed by atoms with E-state index >= 15 is 0 Å². The summed E-state index contributed by atoms with van der Waals surface area (Å²) in [7, 11) is 0. The SMILES string of the molecule is CC(C1CC1)[C@@]1(C(F)(F)F)c2cc(Cl)ccc2Nc2ncccc21. The number of rotatable bonds is 2. The molecule has 0 saturated heterocycles. The molecule has 1 fully saturated rings. The van der Waals surface area contributed by atoms with Crippen molar-refractivity contribution in [2.45, 2.75) is 31.4 Å². The van der Waals surface area contributed by atoms with Gasteiger partial charge in [-0.2, -0.15) is 13.2 Å². The van der Waals surface area contributed by atoms with Gasteiger partial charge in [-0.1, -0.05) is 24.6 Å². The summed E-state index contributed by atoms with van der Waals surface area (Å²) in [5.41, 5.74) is -1.28. The zero-order valence-corrected chi connectivity index (χ0v) is 13.7. The Morgan fingerprint density at radius 2 is 2.00 bits per heavy atom. The number of halogens is 4. The van der Waals surface area contributed by atoms with Gasteiger partial charge in [0, 0.05) is 22.5 Å². The van der Waals surface area contributed by atoms with Crippen LogP contribution in [0.3, 0.4) is 0 Å². The third kappa shape index (κ3) is 2.07. The van der Waals surface area contributed by atoms with E-state index in [0.717, 1.165) is 12.8 Å². The summed E-state index contributed by atoms with van der Waals surface area (Å²) in [6.07, 6.45) is -1.28. The minimum atomic E-state index is -4.45. The molecule has 1 saturated carbocycles. The lowest BCUT2D eigenvalue weighted by Gasteiger charge is -2.46. The quantitative estimate of drug-likeness (QED) is 0.751. The Labute approximate surface area is 143 Å². The van der Waals surface area contributed by atoms with Crippen molar-refractivity contribution < 1.29 is 13.2 Å². The summed E-state index contributed by atoms with van der Waals surface area (Å²) in [6.45, 7) is 1.71. The third-order valence-electron chi connectivity index (χ3n) is 5.35. The Hall–Kier alpha value is -1.75. The standard InChI is InChI=1S/C18H16ClF3N2/c1-10(11-4-5-11)17(18(20,21)22)13-3-2-8-23-16(13)24-15-7-6-12(19)9-14(15)17/h2-3,6-11H,4-5H2,1H3,(H,23,24)/t10?,17-/m0/s1. The van der Waals surface area contributed by atoms with E-state index < -0.39 is 17.5 Å². The van der Waals surface area contributed by atoms with Gasteiger partial charge in [0.2, 0.25) is 0 Å². The fraction of sp³-hybridized carbons (Fsp3) is 0.389. The number of hydrogen-bond acceptors (Lipinski definition) is 2. The van der Waals surface area contributed by atoms with Gasteiger partial charge in [-0.05, 0) is 54.5 Å². The first-order chi connectivity index (χ1) is 11.4. The number of aromatic nitrogens is 1. The lowest BCUT2D eigenvalue weighted by Crippen LogP contribution is -2.51. The Balaban J connectivity index is 2.09. The van der Waals surface area contributed by atoms with E-state index in [1.54, 1.807) is 25.1 Å². The number of hydrogen-bond donors (Lipinski definition) is 1. The first-order valence-corrected chi connectivity index (χ1v) is 8.32. The largest absolute Gasteiger partial charge is 0.402 e. The molecule has 2 aromatic rings. The Kier molecular flexibility index (Phi) is 3.36. The molecule has 2 aliphatic rings. The van der Waals surface area contributed by atoms with Crippen LogP contribution in [0.15, 0.2) is 36.5 Å². The van der Waals surface area contributed by atoms with E-state index in [1.165, 1.54) is 18.3 Å². The molecule has 4 rings (SSSR count). The van der Waals surface area contributed by atoms with E-state index in [9.17, 15) is 13.2 Å². The third-order valence-corrected chi connectivity index (χ3v) is 5.59. The molecular formula is C18H16ClF3N2. The zero-order valence-electron chi connectivity index (χ0n) is 13.0. The molecule has 126 valence electrons. The lowest BCUT2D eigenvalue weighted by molar-refractivity contribution is -0.193. The molecule has 2 atom stereocenters. The van der Waals surface area contributed by atoms with E-state index in [1.807, 2.05) is 0 Å². The molecular weight excluding hydrogens is 337 g/mol. The van der Waals surface area contributed by atoms with Crippen molar-refractivity contribution in [2.24, 2.45) is 11.8 Å². The molecule has 1 aliphatic heterocycles. The number of pyridine rings is 1. The molecule has 1 aliphatic carbocycles. The van der Waals surface area contributed by atoms with Crippen molar-refractivity contribution in [2.75, 3.05) is 5.32 Å². The van der Waals surface area contributed by atoms with Gasteiger partial charge >= 0.3 is 6.18 Å². The van der Waals surface area contributed by atoms with E-state index in [0.29, 0.717) is 10.7 Å². The number of benzene rings is 1. The van der Waals surface area contributed by atoms with Crippen LogP contribution in [0, 0.1) is 11.8 Å². The molecule has 0 amide bonds. The van der Waals surface area contributed by atoms with Gasteiger partial charge in [-0.25, -0.2) is 4.98 Å². The monoisotopic (exact) mass is 352 g/mol. The Morgan fingerprint density at radius 3 is 2.67 bits per heavy atom. The molecule has 6 heteroatoms. The van der Waals surface area contributed by atoms with Crippen LogP contribution in [-0.4, -0.2) is 11.2 Å². The van der Waals surface area contributed by atoms with Gasteiger partial charge in [0.05, 0.1) is 0 Å². The summed E-state index contributed by atoms with van der Waals surface area (Å²) in [5, 5.41) is 3.34. The minimum Gasteiger partial charge on any atom is -0.340 e. The Bertz CT molecular complexity index is 801. The molecule has 24 heavy (non-hydrogen) atoms. The highest BCUT2D eigenvalue weighted by Gasteiger charge is 2.65. The van der Waals surface area contributed by atoms with Gasteiger partial charge in [-0.3, -0.25) is 0 Å². The summed E-state index contributed by atoms with van der Waals surface area (Å²) in [5.74, 6) is -0.249. The van der Waals surface area contributed by atoms with Crippen LogP contribution in [0.4, 0.5) is 24.7 Å². The topological polar surface area (TPSA) is 24.9 Å². The second-order valence-corrected chi connectivity index (χ2v) is 7.08. The predicted octanol–water partition coefficient (Wildman–Crippen LogP) is 5.69. The summed E-state index contributed by atoms with van der Waals surface area (Å²) >= 11 is 6.07. The van der Waals surface area contributed by atoms with Crippen LogP contribution in [0.5, 0.6) is 0 Å². The maximum Gasteiger partial charge on any atom is 0.402 e. The van der Waals surface area contributed by atoms with Crippen molar-refractivity contribution in [1.82, 2.24) is 4.98 Å². The first-order valence-electron chi connectivity index (χ1n) is 7.95. The van der Waals surface area contributed by atoms with Crippen LogP contribution in [0.1, 0.15) is 30.9 Å². The maximum absolute atomic E-state index is 14.6. The molecule has 1 N–H and O–H groups in total. The number of alkyl halides is 3. The van der Waals surface area contributed by atoms with Crippen molar-refractivity contribution in [1.29, 1.82) is 0 Å². The summed E-state index contributed by atoms with van der Waals surface area (Å²) in [6, 6.07) is 7.76. The smallest absolute Gasteiger partial charge is 0.340 e. The highest BCUT2D eigenvalue weighted by Crippen LogP contribution is 2.62. The van der Waals surface area contributed by atoms with Crippen LogP contribution in [-0.2, 0) is 5.41 Å². The van der Waals surface area contributed by atoms with Crippen LogP contribution >= 0.6 is 11.6 Å². The molecule has 1 aromatic carbocycles. The molecule has 0 bridgehead atoms. The number of anilines is 2. The number of nitrogens with one attached hydrogen (secondary N) is 1. The fourth-order valence-electron chi connectivity index (χ4n) is 4.05. The fourth-order valence-corrected chi connectivity index (χ4v) is 4.22. The molecule has 0 spiro atoms. The maximum atomic E-state index is 14.6. The van der Waals surface area contributed by atoms with Crippen LogP contribution in [0.2, 0.25) is 5.02 Å². The number of nitrogens with zero attached hydrogens (tertiary/aromatic N) is 1. The summed E-state index contributed by atoms with van der Waals surface area (Å²) in [4.78, 5) is 4.17. The molecule has 0 radical (unpaired) electrons. The normalized spacial score (nSPS) is 23.9. The molecule has 2 nitrogen and oxygen atoms in total. The van der Waals surface area contributed by atoms with Crippen LogP contribution in [0.25, 0.3) is 0 Å². The van der Waals surface area contributed by atoms with Gasteiger partial charge in [0.25, 0.3) is 0 Å². The van der Waals surface area contributed by atoms with E-state index in [-0.39, 0.29) is 22.9 Å². The second kappa shape index (κ2) is 5.12. The Morgan fingerprint density at radius 1 is 1.25 bits per heavy atom. The van der Waals surface area contributed by atoms with Gasteiger partial charge in [0.15, 0.2) is 0 Å². The average molecular weight is 353 g/mol. The van der Waals surface area contributed by atoms with Crippen molar-refractivity contribution in [3.8, 4) is 0 Å².